The Balaban J connectivity index is 1.78. The van der Waals surface area contributed by atoms with E-state index in [-0.39, 0.29) is 0 Å². The molecule has 0 aliphatic carbocycles. The molecule has 1 aliphatic rings. The monoisotopic (exact) mass is 251 g/mol. The number of furan rings is 1. The Hall–Kier alpha value is -1.29. The molecule has 0 radical (unpaired) electrons. The number of likely N-dealkylation sites (tertiary alicyclic amines) is 1. The molecule has 0 aromatic carbocycles. The second-order valence-electron chi connectivity index (χ2n) is 5.04. The van der Waals surface area contributed by atoms with E-state index in [1.165, 1.54) is 0 Å². The molecular weight excluding hydrogens is 230 g/mol. The summed E-state index contributed by atoms with van der Waals surface area (Å²) in [5, 5.41) is 8.77. The number of nitrogens with zero attached hydrogens (tertiary/aromatic N) is 1. The minimum Gasteiger partial charge on any atom is -0.481 e. The van der Waals surface area contributed by atoms with Crippen LogP contribution in [0.3, 0.4) is 0 Å². The highest BCUT2D eigenvalue weighted by Gasteiger charge is 2.21. The van der Waals surface area contributed by atoms with E-state index in [9.17, 15) is 4.79 Å². The van der Waals surface area contributed by atoms with Crippen molar-refractivity contribution in [2.24, 2.45) is 5.92 Å². The lowest BCUT2D eigenvalue weighted by Crippen LogP contribution is -2.33. The molecule has 18 heavy (non-hydrogen) atoms. The van der Waals surface area contributed by atoms with Gasteiger partial charge in [-0.2, -0.15) is 0 Å². The van der Waals surface area contributed by atoms with E-state index >= 15 is 0 Å². The zero-order valence-electron chi connectivity index (χ0n) is 10.9. The predicted octanol–water partition coefficient (Wildman–Crippen LogP) is 2.53. The van der Waals surface area contributed by atoms with Crippen LogP contribution in [0.5, 0.6) is 0 Å². The Morgan fingerprint density at radius 3 is 2.61 bits per heavy atom. The fourth-order valence-corrected chi connectivity index (χ4v) is 2.51. The van der Waals surface area contributed by atoms with E-state index in [0.29, 0.717) is 12.3 Å². The number of carbonyl (C=O) groups is 1. The molecule has 100 valence electrons. The Morgan fingerprint density at radius 2 is 2.06 bits per heavy atom. The smallest absolute Gasteiger partial charge is 0.303 e. The number of rotatable bonds is 5. The normalized spacial score (nSPS) is 18.1. The molecule has 0 bridgehead atoms. The quantitative estimate of drug-likeness (QED) is 0.873. The number of hydrogen-bond acceptors (Lipinski definition) is 3. The molecule has 4 heteroatoms. The van der Waals surface area contributed by atoms with Crippen LogP contribution in [0.25, 0.3) is 0 Å². The zero-order valence-corrected chi connectivity index (χ0v) is 10.9. The first-order valence-electron chi connectivity index (χ1n) is 6.69. The lowest BCUT2D eigenvalue weighted by molar-refractivity contribution is -0.138. The topological polar surface area (TPSA) is 53.7 Å². The van der Waals surface area contributed by atoms with Gasteiger partial charge in [0.2, 0.25) is 0 Å². The standard InChI is InChI=1S/C14H21NO3/c1-2-12-3-4-13(18-12)10-15-7-5-11(6-8-15)9-14(16)17/h3-4,11H,2,5-10H2,1H3,(H,16,17). The summed E-state index contributed by atoms with van der Waals surface area (Å²) in [7, 11) is 0. The van der Waals surface area contributed by atoms with Crippen molar-refractivity contribution < 1.29 is 14.3 Å². The van der Waals surface area contributed by atoms with Crippen molar-refractivity contribution in [2.75, 3.05) is 13.1 Å². The van der Waals surface area contributed by atoms with Crippen LogP contribution in [-0.2, 0) is 17.8 Å². The Morgan fingerprint density at radius 1 is 1.39 bits per heavy atom. The van der Waals surface area contributed by atoms with Crippen LogP contribution in [0.1, 0.15) is 37.7 Å². The molecule has 1 saturated heterocycles. The fraction of sp³-hybridized carbons (Fsp3) is 0.643. The third kappa shape index (κ3) is 3.60. The van der Waals surface area contributed by atoms with E-state index in [1.807, 2.05) is 12.1 Å². The first kappa shape index (κ1) is 13.1. The first-order chi connectivity index (χ1) is 8.67. The summed E-state index contributed by atoms with van der Waals surface area (Å²) in [6.45, 7) is 4.88. The SMILES string of the molecule is CCc1ccc(CN2CCC(CC(=O)O)CC2)o1. The lowest BCUT2D eigenvalue weighted by Gasteiger charge is -2.30. The number of carboxylic acids is 1. The Kier molecular flexibility index (Phi) is 4.42. The highest BCUT2D eigenvalue weighted by Crippen LogP contribution is 2.22. The van der Waals surface area contributed by atoms with Crippen molar-refractivity contribution in [3.8, 4) is 0 Å². The largest absolute Gasteiger partial charge is 0.481 e. The minimum absolute atomic E-state index is 0.314. The average molecular weight is 251 g/mol. The summed E-state index contributed by atoms with van der Waals surface area (Å²) in [5.41, 5.74) is 0. The Labute approximate surface area is 108 Å². The summed E-state index contributed by atoms with van der Waals surface area (Å²) in [5.74, 6) is 1.72. The molecule has 4 nitrogen and oxygen atoms in total. The second-order valence-corrected chi connectivity index (χ2v) is 5.04. The summed E-state index contributed by atoms with van der Waals surface area (Å²) < 4.78 is 5.69. The maximum absolute atomic E-state index is 10.6. The van der Waals surface area contributed by atoms with Gasteiger partial charge in [-0.3, -0.25) is 9.69 Å². The molecule has 2 rings (SSSR count). The molecule has 1 N–H and O–H groups in total. The van der Waals surface area contributed by atoms with E-state index in [1.54, 1.807) is 0 Å². The van der Waals surface area contributed by atoms with Crippen molar-refractivity contribution in [3.63, 3.8) is 0 Å². The van der Waals surface area contributed by atoms with Gasteiger partial charge >= 0.3 is 5.97 Å². The van der Waals surface area contributed by atoms with Crippen LogP contribution in [0.2, 0.25) is 0 Å². The predicted molar refractivity (Wildman–Crippen MR) is 68.3 cm³/mol. The third-order valence-corrected chi connectivity index (χ3v) is 3.62. The van der Waals surface area contributed by atoms with Crippen molar-refractivity contribution in [3.05, 3.63) is 23.7 Å². The molecule has 0 spiro atoms. The van der Waals surface area contributed by atoms with E-state index in [0.717, 1.165) is 50.4 Å². The highest BCUT2D eigenvalue weighted by molar-refractivity contribution is 5.67. The van der Waals surface area contributed by atoms with Crippen LogP contribution in [0, 0.1) is 5.92 Å². The van der Waals surface area contributed by atoms with E-state index in [2.05, 4.69) is 11.8 Å². The van der Waals surface area contributed by atoms with Gasteiger partial charge in [0.05, 0.1) is 6.54 Å². The summed E-state index contributed by atoms with van der Waals surface area (Å²) in [4.78, 5) is 13.0. The molecule has 1 aromatic rings. The van der Waals surface area contributed by atoms with Gasteiger partial charge in [-0.1, -0.05) is 6.92 Å². The molecule has 0 amide bonds. The number of hydrogen-bond donors (Lipinski definition) is 1. The minimum atomic E-state index is -0.674. The molecule has 0 saturated carbocycles. The number of carboxylic acid groups (broad SMARTS) is 1. The zero-order chi connectivity index (χ0) is 13.0. The highest BCUT2D eigenvalue weighted by atomic mass is 16.4. The summed E-state index contributed by atoms with van der Waals surface area (Å²) in [6.07, 6.45) is 3.20. The van der Waals surface area contributed by atoms with Crippen molar-refractivity contribution in [1.82, 2.24) is 4.90 Å². The molecule has 0 atom stereocenters. The van der Waals surface area contributed by atoms with Gasteiger partial charge in [-0.05, 0) is 44.0 Å². The lowest BCUT2D eigenvalue weighted by atomic mass is 9.93. The molecule has 2 heterocycles. The van der Waals surface area contributed by atoms with Gasteiger partial charge < -0.3 is 9.52 Å². The van der Waals surface area contributed by atoms with Crippen LogP contribution < -0.4 is 0 Å². The van der Waals surface area contributed by atoms with Gasteiger partial charge in [-0.15, -0.1) is 0 Å². The van der Waals surface area contributed by atoms with Gasteiger partial charge in [0, 0.05) is 12.8 Å². The maximum Gasteiger partial charge on any atom is 0.303 e. The van der Waals surface area contributed by atoms with E-state index < -0.39 is 5.97 Å². The van der Waals surface area contributed by atoms with Crippen molar-refractivity contribution >= 4 is 5.97 Å². The molecule has 1 aliphatic heterocycles. The van der Waals surface area contributed by atoms with E-state index in [4.69, 9.17) is 9.52 Å². The third-order valence-electron chi connectivity index (χ3n) is 3.62. The van der Waals surface area contributed by atoms with Crippen LogP contribution in [0.15, 0.2) is 16.5 Å². The number of aliphatic carboxylic acids is 1. The first-order valence-corrected chi connectivity index (χ1v) is 6.69. The molecular formula is C14H21NO3. The molecule has 1 aromatic heterocycles. The van der Waals surface area contributed by atoms with Crippen LogP contribution in [0.4, 0.5) is 0 Å². The van der Waals surface area contributed by atoms with Gasteiger partial charge in [-0.25, -0.2) is 0 Å². The van der Waals surface area contributed by atoms with Gasteiger partial charge in [0.25, 0.3) is 0 Å². The maximum atomic E-state index is 10.6. The fourth-order valence-electron chi connectivity index (χ4n) is 2.51. The summed E-state index contributed by atoms with van der Waals surface area (Å²) in [6, 6.07) is 4.08. The average Bonchev–Trinajstić information content (AvgIpc) is 2.79. The molecule has 0 unspecified atom stereocenters. The van der Waals surface area contributed by atoms with Gasteiger partial charge in [0.15, 0.2) is 0 Å². The van der Waals surface area contributed by atoms with Crippen LogP contribution >= 0.6 is 0 Å². The van der Waals surface area contributed by atoms with Crippen LogP contribution in [-0.4, -0.2) is 29.1 Å². The Bertz CT molecular complexity index is 391. The van der Waals surface area contributed by atoms with Crippen molar-refractivity contribution in [2.45, 2.75) is 39.2 Å². The second kappa shape index (κ2) is 6.05. The summed E-state index contributed by atoms with van der Waals surface area (Å²) >= 11 is 0. The van der Waals surface area contributed by atoms with Crippen molar-refractivity contribution in [1.29, 1.82) is 0 Å². The van der Waals surface area contributed by atoms with Gasteiger partial charge in [0.1, 0.15) is 11.5 Å². The number of aryl methyl sites for hydroxylation is 1. The molecule has 1 fully saturated rings. The number of piperidine rings is 1.